The van der Waals surface area contributed by atoms with E-state index in [9.17, 15) is 0 Å². The fraction of sp³-hybridized carbons (Fsp3) is 0.125. The second kappa shape index (κ2) is 5.33. The van der Waals surface area contributed by atoms with E-state index in [-0.39, 0.29) is 0 Å². The number of nitrogens with two attached hydrogens (primary N) is 1. The Morgan fingerprint density at radius 3 is 2.67 bits per heavy atom. The first kappa shape index (κ1) is 13.8. The molecule has 0 aliphatic carbocycles. The van der Waals surface area contributed by atoms with Crippen LogP contribution >= 0.6 is 15.9 Å². The van der Waals surface area contributed by atoms with Gasteiger partial charge in [0.1, 0.15) is 11.5 Å². The number of anilines is 1. The van der Waals surface area contributed by atoms with Gasteiger partial charge in [0.05, 0.1) is 5.56 Å². The van der Waals surface area contributed by atoms with Crippen molar-refractivity contribution in [3.05, 3.63) is 52.8 Å². The minimum absolute atomic E-state index is 0.634. The van der Waals surface area contributed by atoms with Crippen molar-refractivity contribution in [2.45, 2.75) is 6.92 Å². The van der Waals surface area contributed by atoms with E-state index in [2.05, 4.69) is 51.1 Å². The third kappa shape index (κ3) is 2.45. The number of pyridine rings is 1. The van der Waals surface area contributed by atoms with E-state index in [1.165, 1.54) is 5.56 Å². The Bertz CT molecular complexity index is 794. The molecule has 0 atom stereocenters. The van der Waals surface area contributed by atoms with Crippen LogP contribution in [0.2, 0.25) is 0 Å². The Hall–Kier alpha value is -2.14. The Balaban J connectivity index is 2.24. The minimum atomic E-state index is 0.634. The third-order valence-electron chi connectivity index (χ3n) is 3.49. The number of aryl methyl sites for hydroxylation is 2. The normalized spacial score (nSPS) is 10.8. The summed E-state index contributed by atoms with van der Waals surface area (Å²) in [5.74, 6) is 0.634. The summed E-state index contributed by atoms with van der Waals surface area (Å²) in [5, 5.41) is 4.57. The van der Waals surface area contributed by atoms with Gasteiger partial charge in [0.15, 0.2) is 0 Å². The molecule has 2 N–H and O–H groups in total. The average molecular weight is 343 g/mol. The monoisotopic (exact) mass is 342 g/mol. The van der Waals surface area contributed by atoms with Crippen molar-refractivity contribution in [3.63, 3.8) is 0 Å². The summed E-state index contributed by atoms with van der Waals surface area (Å²) in [7, 11) is 1.85. The Kier molecular flexibility index (Phi) is 3.51. The highest BCUT2D eigenvalue weighted by Crippen LogP contribution is 2.36. The second-order valence-corrected chi connectivity index (χ2v) is 5.79. The molecule has 106 valence electrons. The molecule has 0 bridgehead atoms. The summed E-state index contributed by atoms with van der Waals surface area (Å²) in [4.78, 5) is 4.18. The number of halogens is 1. The lowest BCUT2D eigenvalue weighted by atomic mass is 10.0. The fourth-order valence-electron chi connectivity index (χ4n) is 2.27. The standard InChI is InChI=1S/C16H15BrN4/c1-10-5-6-11(8-13(10)17)15-14(16(18)21(2)20-15)12-4-3-7-19-9-12/h3-9H,18H2,1-2H3. The molecule has 0 aliphatic heterocycles. The number of rotatable bonds is 2. The van der Waals surface area contributed by atoms with Gasteiger partial charge < -0.3 is 5.73 Å². The summed E-state index contributed by atoms with van der Waals surface area (Å²) in [6.45, 7) is 2.06. The zero-order valence-electron chi connectivity index (χ0n) is 11.8. The molecule has 0 aliphatic rings. The molecular formula is C16H15BrN4. The van der Waals surface area contributed by atoms with E-state index in [1.54, 1.807) is 17.1 Å². The molecule has 2 aromatic heterocycles. The van der Waals surface area contributed by atoms with Crippen LogP contribution < -0.4 is 5.73 Å². The SMILES string of the molecule is Cc1ccc(-c2nn(C)c(N)c2-c2cccnc2)cc1Br. The molecule has 1 aromatic carbocycles. The molecule has 5 heteroatoms. The van der Waals surface area contributed by atoms with Gasteiger partial charge in [-0.2, -0.15) is 5.10 Å². The van der Waals surface area contributed by atoms with E-state index >= 15 is 0 Å². The van der Waals surface area contributed by atoms with Gasteiger partial charge in [-0.05, 0) is 24.6 Å². The number of nitrogens with zero attached hydrogens (tertiary/aromatic N) is 3. The van der Waals surface area contributed by atoms with Crippen molar-refractivity contribution in [1.82, 2.24) is 14.8 Å². The van der Waals surface area contributed by atoms with E-state index in [0.29, 0.717) is 5.82 Å². The van der Waals surface area contributed by atoms with Crippen molar-refractivity contribution < 1.29 is 0 Å². The van der Waals surface area contributed by atoms with Gasteiger partial charge in [-0.1, -0.05) is 34.1 Å². The predicted molar refractivity (Wildman–Crippen MR) is 88.7 cm³/mol. The highest BCUT2D eigenvalue weighted by molar-refractivity contribution is 9.10. The Morgan fingerprint density at radius 1 is 1.19 bits per heavy atom. The number of nitrogen functional groups attached to an aromatic ring is 1. The first-order valence-corrected chi connectivity index (χ1v) is 7.36. The lowest BCUT2D eigenvalue weighted by molar-refractivity contribution is 0.782. The van der Waals surface area contributed by atoms with E-state index in [1.807, 2.05) is 19.2 Å². The number of hydrogen-bond acceptors (Lipinski definition) is 3. The molecule has 0 saturated carbocycles. The number of benzene rings is 1. The largest absolute Gasteiger partial charge is 0.383 e. The van der Waals surface area contributed by atoms with Crippen molar-refractivity contribution in [2.75, 3.05) is 5.73 Å². The smallest absolute Gasteiger partial charge is 0.129 e. The quantitative estimate of drug-likeness (QED) is 0.770. The van der Waals surface area contributed by atoms with Gasteiger partial charge in [0.25, 0.3) is 0 Å². The van der Waals surface area contributed by atoms with Crippen LogP contribution in [0, 0.1) is 6.92 Å². The van der Waals surface area contributed by atoms with Crippen molar-refractivity contribution in [3.8, 4) is 22.4 Å². The molecule has 4 nitrogen and oxygen atoms in total. The van der Waals surface area contributed by atoms with Gasteiger partial charge >= 0.3 is 0 Å². The van der Waals surface area contributed by atoms with Crippen LogP contribution in [0.3, 0.4) is 0 Å². The molecule has 0 amide bonds. The van der Waals surface area contributed by atoms with Crippen LogP contribution in [0.15, 0.2) is 47.2 Å². The van der Waals surface area contributed by atoms with Crippen LogP contribution in [-0.4, -0.2) is 14.8 Å². The van der Waals surface area contributed by atoms with Crippen molar-refractivity contribution >= 4 is 21.7 Å². The fourth-order valence-corrected chi connectivity index (χ4v) is 2.65. The van der Waals surface area contributed by atoms with Crippen molar-refractivity contribution in [2.24, 2.45) is 7.05 Å². The molecule has 0 spiro atoms. The molecule has 0 unspecified atom stereocenters. The second-order valence-electron chi connectivity index (χ2n) is 4.94. The highest BCUT2D eigenvalue weighted by Gasteiger charge is 2.17. The van der Waals surface area contributed by atoms with E-state index in [0.717, 1.165) is 26.9 Å². The summed E-state index contributed by atoms with van der Waals surface area (Å²) in [5.41, 5.74) is 11.2. The van der Waals surface area contributed by atoms with Gasteiger partial charge in [-0.15, -0.1) is 0 Å². The first-order valence-electron chi connectivity index (χ1n) is 6.57. The Morgan fingerprint density at radius 2 is 2.00 bits per heavy atom. The third-order valence-corrected chi connectivity index (χ3v) is 4.34. The maximum atomic E-state index is 6.20. The summed E-state index contributed by atoms with van der Waals surface area (Å²) < 4.78 is 2.76. The van der Waals surface area contributed by atoms with Gasteiger partial charge in [-0.25, -0.2) is 0 Å². The maximum Gasteiger partial charge on any atom is 0.129 e. The summed E-state index contributed by atoms with van der Waals surface area (Å²) in [6.07, 6.45) is 3.55. The molecule has 21 heavy (non-hydrogen) atoms. The molecule has 2 heterocycles. The number of aromatic nitrogens is 3. The van der Waals surface area contributed by atoms with Crippen LogP contribution in [0.5, 0.6) is 0 Å². The molecular weight excluding hydrogens is 328 g/mol. The Labute approximate surface area is 131 Å². The number of hydrogen-bond donors (Lipinski definition) is 1. The summed E-state index contributed by atoms with van der Waals surface area (Å²) in [6, 6.07) is 10.1. The predicted octanol–water partition coefficient (Wildman–Crippen LogP) is 3.80. The molecule has 0 radical (unpaired) electrons. The average Bonchev–Trinajstić information content (AvgIpc) is 2.79. The maximum absolute atomic E-state index is 6.20. The van der Waals surface area contributed by atoms with Crippen LogP contribution in [0.25, 0.3) is 22.4 Å². The first-order chi connectivity index (χ1) is 10.1. The van der Waals surface area contributed by atoms with Gasteiger partial charge in [-0.3, -0.25) is 9.67 Å². The van der Waals surface area contributed by atoms with E-state index < -0.39 is 0 Å². The summed E-state index contributed by atoms with van der Waals surface area (Å²) >= 11 is 3.57. The highest BCUT2D eigenvalue weighted by atomic mass is 79.9. The lowest BCUT2D eigenvalue weighted by Gasteiger charge is -2.05. The lowest BCUT2D eigenvalue weighted by Crippen LogP contribution is -1.98. The topological polar surface area (TPSA) is 56.7 Å². The van der Waals surface area contributed by atoms with Gasteiger partial charge in [0, 0.05) is 35.0 Å². The minimum Gasteiger partial charge on any atom is -0.383 e. The van der Waals surface area contributed by atoms with E-state index in [4.69, 9.17) is 5.73 Å². The molecule has 3 aromatic rings. The molecule has 0 saturated heterocycles. The zero-order chi connectivity index (χ0) is 15.0. The molecule has 0 fully saturated rings. The zero-order valence-corrected chi connectivity index (χ0v) is 13.4. The molecule has 3 rings (SSSR count). The van der Waals surface area contributed by atoms with Crippen molar-refractivity contribution in [1.29, 1.82) is 0 Å². The van der Waals surface area contributed by atoms with Crippen LogP contribution in [0.1, 0.15) is 5.56 Å². The van der Waals surface area contributed by atoms with Crippen LogP contribution in [-0.2, 0) is 7.05 Å². The van der Waals surface area contributed by atoms with Crippen LogP contribution in [0.4, 0.5) is 5.82 Å². The van der Waals surface area contributed by atoms with Gasteiger partial charge in [0.2, 0.25) is 0 Å².